The first-order valence-electron chi connectivity index (χ1n) is 6.46. The molecule has 1 atom stereocenters. The minimum Gasteiger partial charge on any atom is -0.342 e. The van der Waals surface area contributed by atoms with Crippen molar-refractivity contribution in [2.75, 3.05) is 26.7 Å². The molecule has 0 bridgehead atoms. The second-order valence-electron chi connectivity index (χ2n) is 4.96. The molecule has 1 aliphatic heterocycles. The molecule has 1 aromatic rings. The van der Waals surface area contributed by atoms with Gasteiger partial charge in [0.1, 0.15) is 0 Å². The van der Waals surface area contributed by atoms with E-state index in [1.54, 1.807) is 12.1 Å². The van der Waals surface area contributed by atoms with E-state index >= 15 is 0 Å². The lowest BCUT2D eigenvalue weighted by Gasteiger charge is -2.17. The van der Waals surface area contributed by atoms with E-state index in [0.29, 0.717) is 22.4 Å². The summed E-state index contributed by atoms with van der Waals surface area (Å²) in [5.74, 6) is 0.706. The van der Waals surface area contributed by atoms with E-state index in [-0.39, 0.29) is 5.91 Å². The molecule has 0 radical (unpaired) electrons. The van der Waals surface area contributed by atoms with E-state index in [1.165, 1.54) is 0 Å². The van der Waals surface area contributed by atoms with Crippen LogP contribution in [0, 0.1) is 5.92 Å². The Hall–Kier alpha value is -0.770. The number of rotatable bonds is 4. The standard InChI is InChI=1S/C14H18Cl2N2O/c1-17-8-10-4-5-18(9-10)14(19)6-11-2-3-12(15)7-13(11)16/h2-3,7,10,17H,4-6,8-9H2,1H3/t10-/m1/s1. The molecule has 1 fully saturated rings. The van der Waals surface area contributed by atoms with Gasteiger partial charge in [-0.25, -0.2) is 0 Å². The predicted molar refractivity (Wildman–Crippen MR) is 78.8 cm³/mol. The topological polar surface area (TPSA) is 32.3 Å². The van der Waals surface area contributed by atoms with Crippen LogP contribution < -0.4 is 5.32 Å². The van der Waals surface area contributed by atoms with Crippen molar-refractivity contribution < 1.29 is 4.79 Å². The second-order valence-corrected chi connectivity index (χ2v) is 5.81. The summed E-state index contributed by atoms with van der Waals surface area (Å²) in [5, 5.41) is 4.32. The summed E-state index contributed by atoms with van der Waals surface area (Å²) < 4.78 is 0. The van der Waals surface area contributed by atoms with Crippen LogP contribution in [0.5, 0.6) is 0 Å². The van der Waals surface area contributed by atoms with Gasteiger partial charge in [0.2, 0.25) is 5.91 Å². The van der Waals surface area contributed by atoms with Gasteiger partial charge in [0, 0.05) is 23.1 Å². The van der Waals surface area contributed by atoms with E-state index in [0.717, 1.165) is 31.6 Å². The van der Waals surface area contributed by atoms with Crippen LogP contribution in [0.25, 0.3) is 0 Å². The quantitative estimate of drug-likeness (QED) is 0.927. The Bertz CT molecular complexity index is 465. The number of halogens is 2. The zero-order valence-corrected chi connectivity index (χ0v) is 12.5. The summed E-state index contributed by atoms with van der Waals surface area (Å²) >= 11 is 11.9. The Labute approximate surface area is 123 Å². The molecule has 1 N–H and O–H groups in total. The minimum atomic E-state index is 0.142. The molecular weight excluding hydrogens is 283 g/mol. The van der Waals surface area contributed by atoms with E-state index in [2.05, 4.69) is 5.32 Å². The molecule has 1 heterocycles. The maximum Gasteiger partial charge on any atom is 0.227 e. The van der Waals surface area contributed by atoms with Crippen molar-refractivity contribution in [3.63, 3.8) is 0 Å². The Balaban J connectivity index is 1.94. The van der Waals surface area contributed by atoms with E-state index in [9.17, 15) is 4.79 Å². The number of carbonyl (C=O) groups is 1. The van der Waals surface area contributed by atoms with Crippen LogP contribution in [0.2, 0.25) is 10.0 Å². The van der Waals surface area contributed by atoms with E-state index in [1.807, 2.05) is 18.0 Å². The van der Waals surface area contributed by atoms with Gasteiger partial charge in [-0.15, -0.1) is 0 Å². The van der Waals surface area contributed by atoms with Crippen molar-refractivity contribution in [3.05, 3.63) is 33.8 Å². The third-order valence-corrected chi connectivity index (χ3v) is 4.08. The van der Waals surface area contributed by atoms with Gasteiger partial charge in [0.25, 0.3) is 0 Å². The zero-order valence-electron chi connectivity index (χ0n) is 11.0. The summed E-state index contributed by atoms with van der Waals surface area (Å²) in [6.45, 7) is 2.65. The van der Waals surface area contributed by atoms with E-state index in [4.69, 9.17) is 23.2 Å². The van der Waals surface area contributed by atoms with Crippen molar-refractivity contribution in [1.82, 2.24) is 10.2 Å². The summed E-state index contributed by atoms with van der Waals surface area (Å²) in [6, 6.07) is 5.27. The average molecular weight is 301 g/mol. The number of benzene rings is 1. The van der Waals surface area contributed by atoms with Gasteiger partial charge in [-0.2, -0.15) is 0 Å². The van der Waals surface area contributed by atoms with Gasteiger partial charge in [-0.1, -0.05) is 29.3 Å². The molecule has 0 saturated carbocycles. The molecule has 3 nitrogen and oxygen atoms in total. The fourth-order valence-electron chi connectivity index (χ4n) is 2.45. The maximum absolute atomic E-state index is 12.2. The highest BCUT2D eigenvalue weighted by molar-refractivity contribution is 6.35. The predicted octanol–water partition coefficient (Wildman–Crippen LogP) is 2.60. The molecule has 0 aromatic heterocycles. The van der Waals surface area contributed by atoms with Crippen molar-refractivity contribution in [2.24, 2.45) is 5.92 Å². The summed E-state index contributed by atoms with van der Waals surface area (Å²) in [7, 11) is 1.94. The SMILES string of the molecule is CNC[C@H]1CCN(C(=O)Cc2ccc(Cl)cc2Cl)C1. The number of likely N-dealkylation sites (tertiary alicyclic amines) is 1. The van der Waals surface area contributed by atoms with Crippen molar-refractivity contribution in [2.45, 2.75) is 12.8 Å². The van der Waals surface area contributed by atoms with Crippen molar-refractivity contribution in [3.8, 4) is 0 Å². The normalized spacial score (nSPS) is 18.9. The smallest absolute Gasteiger partial charge is 0.227 e. The van der Waals surface area contributed by atoms with Gasteiger partial charge < -0.3 is 10.2 Å². The van der Waals surface area contributed by atoms with Crippen LogP contribution in [0.15, 0.2) is 18.2 Å². The molecule has 0 spiro atoms. The Kier molecular flexibility index (Phi) is 5.08. The monoisotopic (exact) mass is 300 g/mol. The zero-order chi connectivity index (χ0) is 13.8. The Morgan fingerprint density at radius 3 is 2.95 bits per heavy atom. The minimum absolute atomic E-state index is 0.142. The highest BCUT2D eigenvalue weighted by atomic mass is 35.5. The fourth-order valence-corrected chi connectivity index (χ4v) is 2.93. The molecule has 2 rings (SSSR count). The van der Waals surface area contributed by atoms with Crippen LogP contribution in [0.3, 0.4) is 0 Å². The number of hydrogen-bond donors (Lipinski definition) is 1. The van der Waals surface area contributed by atoms with Crippen LogP contribution >= 0.6 is 23.2 Å². The molecule has 19 heavy (non-hydrogen) atoms. The van der Waals surface area contributed by atoms with Gasteiger partial charge in [-0.3, -0.25) is 4.79 Å². The van der Waals surface area contributed by atoms with Crippen LogP contribution in [-0.4, -0.2) is 37.5 Å². The van der Waals surface area contributed by atoms with Crippen molar-refractivity contribution in [1.29, 1.82) is 0 Å². The number of amides is 1. The highest BCUT2D eigenvalue weighted by Gasteiger charge is 2.25. The van der Waals surface area contributed by atoms with Gasteiger partial charge >= 0.3 is 0 Å². The molecule has 5 heteroatoms. The third-order valence-electron chi connectivity index (χ3n) is 3.49. The summed E-state index contributed by atoms with van der Waals surface area (Å²) in [4.78, 5) is 14.1. The van der Waals surface area contributed by atoms with Gasteiger partial charge in [0.05, 0.1) is 6.42 Å². The molecular formula is C14H18Cl2N2O. The van der Waals surface area contributed by atoms with Crippen molar-refractivity contribution >= 4 is 29.1 Å². The lowest BCUT2D eigenvalue weighted by molar-refractivity contribution is -0.129. The average Bonchev–Trinajstić information content (AvgIpc) is 2.82. The van der Waals surface area contributed by atoms with Crippen LogP contribution in [0.1, 0.15) is 12.0 Å². The summed E-state index contributed by atoms with van der Waals surface area (Å²) in [5.41, 5.74) is 0.841. The molecule has 0 unspecified atom stereocenters. The van der Waals surface area contributed by atoms with Crippen LogP contribution in [0.4, 0.5) is 0 Å². The number of hydrogen-bond acceptors (Lipinski definition) is 2. The molecule has 1 amide bonds. The Morgan fingerprint density at radius 2 is 2.26 bits per heavy atom. The first-order chi connectivity index (χ1) is 9.10. The molecule has 0 aliphatic carbocycles. The summed E-state index contributed by atoms with van der Waals surface area (Å²) in [6.07, 6.45) is 1.42. The Morgan fingerprint density at radius 1 is 1.47 bits per heavy atom. The lowest BCUT2D eigenvalue weighted by Crippen LogP contribution is -2.31. The molecule has 1 aliphatic rings. The number of nitrogens with zero attached hydrogens (tertiary/aromatic N) is 1. The molecule has 104 valence electrons. The lowest BCUT2D eigenvalue weighted by atomic mass is 10.1. The number of carbonyl (C=O) groups excluding carboxylic acids is 1. The number of nitrogens with one attached hydrogen (secondary N) is 1. The fraction of sp³-hybridized carbons (Fsp3) is 0.500. The molecule has 1 aromatic carbocycles. The third kappa shape index (κ3) is 3.85. The van der Waals surface area contributed by atoms with E-state index < -0.39 is 0 Å². The van der Waals surface area contributed by atoms with Gasteiger partial charge in [-0.05, 0) is 43.6 Å². The first kappa shape index (κ1) is 14.6. The van der Waals surface area contributed by atoms with Crippen LogP contribution in [-0.2, 0) is 11.2 Å². The highest BCUT2D eigenvalue weighted by Crippen LogP contribution is 2.23. The van der Waals surface area contributed by atoms with Gasteiger partial charge in [0.15, 0.2) is 0 Å². The first-order valence-corrected chi connectivity index (χ1v) is 7.22. The molecule has 1 saturated heterocycles. The maximum atomic E-state index is 12.2. The largest absolute Gasteiger partial charge is 0.342 e. The second kappa shape index (κ2) is 6.60.